The maximum Gasteiger partial charge on any atom is 0.0701 e. The third-order valence-electron chi connectivity index (χ3n) is 6.76. The molecule has 0 spiro atoms. The second-order valence-electron chi connectivity index (χ2n) is 10.8. The zero-order chi connectivity index (χ0) is 31.0. The Kier molecular flexibility index (Phi) is 41.3. The largest absolute Gasteiger partial charge is 0.379 e. The van der Waals surface area contributed by atoms with Crippen molar-refractivity contribution in [2.45, 2.75) is 104 Å². The fourth-order valence-electron chi connectivity index (χ4n) is 4.18. The molecular formula is C34H70O9. The van der Waals surface area contributed by atoms with E-state index in [9.17, 15) is 0 Å². The lowest BCUT2D eigenvalue weighted by atomic mass is 10.1. The summed E-state index contributed by atoms with van der Waals surface area (Å²) in [6, 6.07) is 0. The van der Waals surface area contributed by atoms with Gasteiger partial charge in [0.1, 0.15) is 0 Å². The van der Waals surface area contributed by atoms with Crippen LogP contribution in [0, 0.1) is 0 Å². The molecule has 0 saturated carbocycles. The van der Waals surface area contributed by atoms with Crippen molar-refractivity contribution < 1.29 is 42.6 Å². The van der Waals surface area contributed by atoms with Crippen LogP contribution in [-0.4, -0.2) is 119 Å². The highest BCUT2D eigenvalue weighted by Crippen LogP contribution is 2.10. The summed E-state index contributed by atoms with van der Waals surface area (Å²) in [5.41, 5.74) is 0. The molecule has 9 heteroatoms. The third kappa shape index (κ3) is 41.6. The average molecular weight is 623 g/mol. The quantitative estimate of drug-likeness (QED) is 0.0699. The predicted octanol–water partition coefficient (Wildman–Crippen LogP) is 6.64. The van der Waals surface area contributed by atoms with E-state index in [4.69, 9.17) is 42.6 Å². The molecule has 260 valence electrons. The minimum absolute atomic E-state index is 0.543. The summed E-state index contributed by atoms with van der Waals surface area (Å²) in [5, 5.41) is 0. The van der Waals surface area contributed by atoms with Crippen molar-refractivity contribution in [2.75, 3.05) is 119 Å². The van der Waals surface area contributed by atoms with E-state index in [1.165, 1.54) is 77.0 Å². The van der Waals surface area contributed by atoms with E-state index in [1.807, 2.05) is 0 Å². The molecule has 0 radical (unpaired) electrons. The molecule has 0 amide bonds. The van der Waals surface area contributed by atoms with Crippen molar-refractivity contribution >= 4 is 0 Å². The summed E-state index contributed by atoms with van der Waals surface area (Å²) in [7, 11) is 0. The van der Waals surface area contributed by atoms with Crippen LogP contribution >= 0.6 is 0 Å². The molecule has 0 aliphatic carbocycles. The van der Waals surface area contributed by atoms with Crippen LogP contribution in [-0.2, 0) is 42.6 Å². The van der Waals surface area contributed by atoms with Crippen LogP contribution < -0.4 is 0 Å². The second kappa shape index (κ2) is 41.6. The van der Waals surface area contributed by atoms with Gasteiger partial charge in [-0.15, -0.1) is 0 Å². The number of hydrogen-bond donors (Lipinski definition) is 0. The molecule has 0 aromatic carbocycles. The Morgan fingerprint density at radius 2 is 0.349 bits per heavy atom. The molecule has 0 aliphatic heterocycles. The number of rotatable bonds is 40. The van der Waals surface area contributed by atoms with Gasteiger partial charge in [0.05, 0.1) is 106 Å². The summed E-state index contributed by atoms with van der Waals surface area (Å²) in [6.45, 7) is 15.4. The molecule has 0 heterocycles. The highest BCUT2D eigenvalue weighted by molar-refractivity contribution is 4.47. The van der Waals surface area contributed by atoms with E-state index in [-0.39, 0.29) is 0 Å². The van der Waals surface area contributed by atoms with Crippen LogP contribution in [0.4, 0.5) is 0 Å². The predicted molar refractivity (Wildman–Crippen MR) is 173 cm³/mol. The van der Waals surface area contributed by atoms with E-state index < -0.39 is 0 Å². The first-order valence-corrected chi connectivity index (χ1v) is 17.6. The number of ether oxygens (including phenoxy) is 9. The van der Waals surface area contributed by atoms with Crippen LogP contribution in [0.15, 0.2) is 0 Å². The van der Waals surface area contributed by atoms with Crippen molar-refractivity contribution in [1.82, 2.24) is 0 Å². The Labute approximate surface area is 265 Å². The molecule has 0 saturated heterocycles. The van der Waals surface area contributed by atoms with Crippen LogP contribution in [0.5, 0.6) is 0 Å². The number of unbranched alkanes of at least 4 members (excludes halogenated alkanes) is 12. The monoisotopic (exact) mass is 623 g/mol. The lowest BCUT2D eigenvalue weighted by Gasteiger charge is -2.09. The van der Waals surface area contributed by atoms with Gasteiger partial charge in [-0.3, -0.25) is 0 Å². The van der Waals surface area contributed by atoms with Gasteiger partial charge in [0.25, 0.3) is 0 Å². The van der Waals surface area contributed by atoms with E-state index >= 15 is 0 Å². The van der Waals surface area contributed by atoms with Gasteiger partial charge in [0.2, 0.25) is 0 Å². The molecule has 0 rings (SSSR count). The minimum Gasteiger partial charge on any atom is -0.379 e. The van der Waals surface area contributed by atoms with Crippen LogP contribution in [0.1, 0.15) is 104 Å². The van der Waals surface area contributed by atoms with E-state index in [0.717, 1.165) is 26.1 Å². The second-order valence-corrected chi connectivity index (χ2v) is 10.8. The standard InChI is InChI=1S/C34H70O9/c1-3-5-7-9-10-11-12-13-14-16-18-36-20-22-38-24-26-40-28-30-42-32-34-43-33-31-41-29-27-39-25-23-37-21-19-35-17-15-8-6-4-2/h3-34H2,1-2H3. The van der Waals surface area contributed by atoms with Gasteiger partial charge in [-0.25, -0.2) is 0 Å². The molecule has 0 aromatic rings. The third-order valence-corrected chi connectivity index (χ3v) is 6.76. The Balaban J connectivity index is 3.02. The summed E-state index contributed by atoms with van der Waals surface area (Å²) >= 11 is 0. The molecule has 0 unspecified atom stereocenters. The van der Waals surface area contributed by atoms with Crippen LogP contribution in [0.25, 0.3) is 0 Å². The zero-order valence-corrected chi connectivity index (χ0v) is 28.3. The first-order valence-electron chi connectivity index (χ1n) is 17.6. The molecule has 0 bridgehead atoms. The van der Waals surface area contributed by atoms with Gasteiger partial charge in [-0.1, -0.05) is 90.9 Å². The normalized spacial score (nSPS) is 11.6. The summed E-state index contributed by atoms with van der Waals surface area (Å²) < 4.78 is 49.7. The molecule has 0 atom stereocenters. The summed E-state index contributed by atoms with van der Waals surface area (Å²) in [4.78, 5) is 0. The highest BCUT2D eigenvalue weighted by atomic mass is 16.6. The van der Waals surface area contributed by atoms with Crippen LogP contribution in [0.2, 0.25) is 0 Å². The Bertz CT molecular complexity index is 431. The first-order chi connectivity index (χ1) is 21.4. The number of hydrogen-bond acceptors (Lipinski definition) is 9. The molecule has 0 fully saturated rings. The van der Waals surface area contributed by atoms with E-state index in [2.05, 4.69) is 13.8 Å². The highest BCUT2D eigenvalue weighted by Gasteiger charge is 1.97. The van der Waals surface area contributed by atoms with Gasteiger partial charge < -0.3 is 42.6 Å². The van der Waals surface area contributed by atoms with Crippen molar-refractivity contribution in [3.63, 3.8) is 0 Å². The molecular weight excluding hydrogens is 552 g/mol. The average Bonchev–Trinajstić information content (AvgIpc) is 3.02. The topological polar surface area (TPSA) is 83.1 Å². The van der Waals surface area contributed by atoms with Gasteiger partial charge >= 0.3 is 0 Å². The van der Waals surface area contributed by atoms with Crippen LogP contribution in [0.3, 0.4) is 0 Å². The molecule has 43 heavy (non-hydrogen) atoms. The maximum atomic E-state index is 5.65. The maximum absolute atomic E-state index is 5.65. The molecule has 9 nitrogen and oxygen atoms in total. The SMILES string of the molecule is CCCCCCCCCCCCOCCOCCOCCOCCOCCOCCOCCOCCOCCCCCC. The lowest BCUT2D eigenvalue weighted by Crippen LogP contribution is -2.15. The Hall–Kier alpha value is -0.360. The van der Waals surface area contributed by atoms with Crippen molar-refractivity contribution in [3.05, 3.63) is 0 Å². The van der Waals surface area contributed by atoms with Gasteiger partial charge in [0, 0.05) is 13.2 Å². The summed E-state index contributed by atoms with van der Waals surface area (Å²) in [6.07, 6.45) is 18.4. The fourth-order valence-corrected chi connectivity index (χ4v) is 4.18. The Morgan fingerprint density at radius 1 is 0.186 bits per heavy atom. The molecule has 0 N–H and O–H groups in total. The summed E-state index contributed by atoms with van der Waals surface area (Å²) in [5.74, 6) is 0. The van der Waals surface area contributed by atoms with Crippen molar-refractivity contribution in [1.29, 1.82) is 0 Å². The smallest absolute Gasteiger partial charge is 0.0701 e. The fraction of sp³-hybridized carbons (Fsp3) is 1.00. The molecule has 0 aliphatic rings. The van der Waals surface area contributed by atoms with Crippen molar-refractivity contribution in [3.8, 4) is 0 Å². The first kappa shape index (κ1) is 42.6. The minimum atomic E-state index is 0.543. The lowest BCUT2D eigenvalue weighted by molar-refractivity contribution is -0.0250. The van der Waals surface area contributed by atoms with Gasteiger partial charge in [-0.05, 0) is 12.8 Å². The van der Waals surface area contributed by atoms with E-state index in [0.29, 0.717) is 106 Å². The van der Waals surface area contributed by atoms with Crippen molar-refractivity contribution in [2.24, 2.45) is 0 Å². The zero-order valence-electron chi connectivity index (χ0n) is 28.3. The molecule has 0 aromatic heterocycles. The van der Waals surface area contributed by atoms with Gasteiger partial charge in [-0.2, -0.15) is 0 Å². The Morgan fingerprint density at radius 3 is 0.581 bits per heavy atom. The van der Waals surface area contributed by atoms with E-state index in [1.54, 1.807) is 0 Å². The van der Waals surface area contributed by atoms with Gasteiger partial charge in [0.15, 0.2) is 0 Å².